The maximum atomic E-state index is 11.3. The fourth-order valence-electron chi connectivity index (χ4n) is 2.24. The molecular formula is C13H10ClN3O2. The summed E-state index contributed by atoms with van der Waals surface area (Å²) >= 11 is 6.21. The normalized spacial score (nSPS) is 11.1. The molecule has 0 radical (unpaired) electrons. The molecular weight excluding hydrogens is 266 g/mol. The van der Waals surface area contributed by atoms with Gasteiger partial charge in [0.25, 0.3) is 0 Å². The van der Waals surface area contributed by atoms with Crippen LogP contribution in [0.15, 0.2) is 30.6 Å². The van der Waals surface area contributed by atoms with Gasteiger partial charge in [-0.2, -0.15) is 5.10 Å². The molecule has 0 fully saturated rings. The Morgan fingerprint density at radius 1 is 1.47 bits per heavy atom. The summed E-state index contributed by atoms with van der Waals surface area (Å²) < 4.78 is 1.54. The quantitative estimate of drug-likeness (QED) is 0.755. The van der Waals surface area contributed by atoms with E-state index in [9.17, 15) is 9.90 Å². The van der Waals surface area contributed by atoms with Crippen molar-refractivity contribution in [2.45, 2.75) is 0 Å². The Hall–Kier alpha value is -2.27. The predicted octanol–water partition coefficient (Wildman–Crippen LogP) is 2.92. The maximum Gasteiger partial charge on any atom is 0.339 e. The van der Waals surface area contributed by atoms with Gasteiger partial charge in [0.2, 0.25) is 0 Å². The lowest BCUT2D eigenvalue weighted by Gasteiger charge is -2.03. The molecule has 0 aliphatic heterocycles. The van der Waals surface area contributed by atoms with Gasteiger partial charge in [0.1, 0.15) is 5.56 Å². The Morgan fingerprint density at radius 3 is 3.00 bits per heavy atom. The minimum atomic E-state index is -1.01. The summed E-state index contributed by atoms with van der Waals surface area (Å²) in [6.07, 6.45) is 3.09. The van der Waals surface area contributed by atoms with Gasteiger partial charge in [-0.15, -0.1) is 0 Å². The first kappa shape index (κ1) is 11.8. The summed E-state index contributed by atoms with van der Waals surface area (Å²) in [7, 11) is 1.71. The van der Waals surface area contributed by atoms with Crippen molar-refractivity contribution in [2.75, 3.05) is 0 Å². The van der Waals surface area contributed by atoms with E-state index in [1.54, 1.807) is 19.3 Å². The SMILES string of the molecule is Cn1ncc(C(=O)O)c1-c1c[nH]c2cccc(Cl)c12. The number of nitrogens with one attached hydrogen (secondary N) is 1. The van der Waals surface area contributed by atoms with Crippen molar-refractivity contribution in [2.24, 2.45) is 7.05 Å². The van der Waals surface area contributed by atoms with Crippen LogP contribution in [-0.4, -0.2) is 25.8 Å². The Kier molecular flexibility index (Phi) is 2.57. The standard InChI is InChI=1S/C13H10ClN3O2/c1-17-12(8(6-16-17)13(18)19)7-5-15-10-4-2-3-9(14)11(7)10/h2-6,15H,1H3,(H,18,19). The number of aryl methyl sites for hydroxylation is 1. The Balaban J connectivity index is 2.37. The third kappa shape index (κ3) is 1.70. The first-order valence-corrected chi connectivity index (χ1v) is 5.98. The van der Waals surface area contributed by atoms with Gasteiger partial charge in [-0.05, 0) is 12.1 Å². The van der Waals surface area contributed by atoms with Crippen LogP contribution in [0.5, 0.6) is 0 Å². The maximum absolute atomic E-state index is 11.3. The first-order chi connectivity index (χ1) is 9.09. The topological polar surface area (TPSA) is 70.9 Å². The minimum Gasteiger partial charge on any atom is -0.478 e. The molecule has 0 aliphatic carbocycles. The summed E-state index contributed by atoms with van der Waals surface area (Å²) in [5, 5.41) is 14.6. The fourth-order valence-corrected chi connectivity index (χ4v) is 2.52. The van der Waals surface area contributed by atoms with E-state index in [1.807, 2.05) is 12.1 Å². The molecule has 6 heteroatoms. The number of hydrogen-bond donors (Lipinski definition) is 2. The lowest BCUT2D eigenvalue weighted by atomic mass is 10.1. The number of fused-ring (bicyclic) bond motifs is 1. The van der Waals surface area contributed by atoms with E-state index in [-0.39, 0.29) is 5.56 Å². The van der Waals surface area contributed by atoms with E-state index in [0.717, 1.165) is 16.5 Å². The molecule has 2 aromatic heterocycles. The molecule has 0 aliphatic rings. The van der Waals surface area contributed by atoms with Gasteiger partial charge in [0.05, 0.1) is 16.9 Å². The van der Waals surface area contributed by atoms with Gasteiger partial charge in [0, 0.05) is 29.7 Å². The molecule has 2 heterocycles. The molecule has 0 saturated heterocycles. The third-order valence-electron chi connectivity index (χ3n) is 3.08. The zero-order valence-electron chi connectivity index (χ0n) is 10.0. The molecule has 0 amide bonds. The van der Waals surface area contributed by atoms with Gasteiger partial charge in [-0.3, -0.25) is 4.68 Å². The minimum absolute atomic E-state index is 0.156. The fraction of sp³-hybridized carbons (Fsp3) is 0.0769. The van der Waals surface area contributed by atoms with Crippen molar-refractivity contribution in [3.05, 3.63) is 41.2 Å². The number of halogens is 1. The summed E-state index contributed by atoms with van der Waals surface area (Å²) in [4.78, 5) is 14.3. The Morgan fingerprint density at radius 2 is 2.26 bits per heavy atom. The van der Waals surface area contributed by atoms with E-state index in [2.05, 4.69) is 10.1 Å². The van der Waals surface area contributed by atoms with Crippen LogP contribution in [0.25, 0.3) is 22.2 Å². The Labute approximate surface area is 113 Å². The van der Waals surface area contributed by atoms with Gasteiger partial charge in [-0.25, -0.2) is 4.79 Å². The molecule has 19 heavy (non-hydrogen) atoms. The molecule has 1 aromatic carbocycles. The smallest absolute Gasteiger partial charge is 0.339 e. The number of H-pyrrole nitrogens is 1. The third-order valence-corrected chi connectivity index (χ3v) is 3.39. The number of carboxylic acids is 1. The van der Waals surface area contributed by atoms with Gasteiger partial charge < -0.3 is 10.1 Å². The lowest BCUT2D eigenvalue weighted by molar-refractivity contribution is 0.0697. The summed E-state index contributed by atoms with van der Waals surface area (Å²) in [6, 6.07) is 5.51. The zero-order chi connectivity index (χ0) is 13.6. The highest BCUT2D eigenvalue weighted by molar-refractivity contribution is 6.36. The summed E-state index contributed by atoms with van der Waals surface area (Å²) in [5.74, 6) is -1.01. The number of hydrogen-bond acceptors (Lipinski definition) is 2. The van der Waals surface area contributed by atoms with E-state index in [4.69, 9.17) is 11.6 Å². The highest BCUT2D eigenvalue weighted by Gasteiger charge is 2.20. The Bertz CT molecular complexity index is 788. The van der Waals surface area contributed by atoms with Crippen LogP contribution >= 0.6 is 11.6 Å². The van der Waals surface area contributed by atoms with E-state index < -0.39 is 5.97 Å². The number of carboxylic acid groups (broad SMARTS) is 1. The number of nitrogens with zero attached hydrogens (tertiary/aromatic N) is 2. The summed E-state index contributed by atoms with van der Waals surface area (Å²) in [5.41, 5.74) is 2.29. The largest absolute Gasteiger partial charge is 0.478 e. The molecule has 3 aromatic rings. The van der Waals surface area contributed by atoms with Crippen molar-refractivity contribution < 1.29 is 9.90 Å². The van der Waals surface area contributed by atoms with Crippen LogP contribution in [-0.2, 0) is 7.05 Å². The highest BCUT2D eigenvalue weighted by Crippen LogP contribution is 2.35. The predicted molar refractivity (Wildman–Crippen MR) is 72.5 cm³/mol. The van der Waals surface area contributed by atoms with Crippen molar-refractivity contribution in [3.8, 4) is 11.3 Å². The molecule has 0 atom stereocenters. The first-order valence-electron chi connectivity index (χ1n) is 5.61. The van der Waals surface area contributed by atoms with Crippen LogP contribution in [0.2, 0.25) is 5.02 Å². The number of aromatic nitrogens is 3. The molecule has 0 spiro atoms. The molecule has 0 bridgehead atoms. The molecule has 3 rings (SSSR count). The van der Waals surface area contributed by atoms with Crippen LogP contribution in [0.3, 0.4) is 0 Å². The van der Waals surface area contributed by atoms with Crippen molar-refractivity contribution in [3.63, 3.8) is 0 Å². The van der Waals surface area contributed by atoms with Crippen molar-refractivity contribution in [1.29, 1.82) is 0 Å². The second kappa shape index (κ2) is 4.13. The second-order valence-corrected chi connectivity index (χ2v) is 4.61. The summed E-state index contributed by atoms with van der Waals surface area (Å²) in [6.45, 7) is 0. The zero-order valence-corrected chi connectivity index (χ0v) is 10.8. The van der Waals surface area contributed by atoms with Crippen LogP contribution in [0.1, 0.15) is 10.4 Å². The van der Waals surface area contributed by atoms with E-state index >= 15 is 0 Å². The monoisotopic (exact) mass is 275 g/mol. The highest BCUT2D eigenvalue weighted by atomic mass is 35.5. The van der Waals surface area contributed by atoms with Crippen LogP contribution in [0, 0.1) is 0 Å². The van der Waals surface area contributed by atoms with Gasteiger partial charge in [-0.1, -0.05) is 17.7 Å². The molecule has 0 unspecified atom stereocenters. The van der Waals surface area contributed by atoms with Crippen molar-refractivity contribution in [1.82, 2.24) is 14.8 Å². The lowest BCUT2D eigenvalue weighted by Crippen LogP contribution is -2.00. The van der Waals surface area contributed by atoms with E-state index in [1.165, 1.54) is 10.9 Å². The average Bonchev–Trinajstić information content (AvgIpc) is 2.93. The van der Waals surface area contributed by atoms with Gasteiger partial charge in [0.15, 0.2) is 0 Å². The molecule has 5 nitrogen and oxygen atoms in total. The molecule has 0 saturated carbocycles. The molecule has 96 valence electrons. The number of benzene rings is 1. The van der Waals surface area contributed by atoms with Crippen LogP contribution < -0.4 is 0 Å². The second-order valence-electron chi connectivity index (χ2n) is 4.20. The molecule has 2 N–H and O–H groups in total. The van der Waals surface area contributed by atoms with Crippen molar-refractivity contribution >= 4 is 28.5 Å². The van der Waals surface area contributed by atoms with Crippen LogP contribution in [0.4, 0.5) is 0 Å². The number of rotatable bonds is 2. The average molecular weight is 276 g/mol. The number of carbonyl (C=O) groups is 1. The number of aromatic amines is 1. The van der Waals surface area contributed by atoms with Gasteiger partial charge >= 0.3 is 5.97 Å². The van der Waals surface area contributed by atoms with E-state index in [0.29, 0.717) is 10.7 Å². The number of aromatic carboxylic acids is 1.